The van der Waals surface area contributed by atoms with Gasteiger partial charge in [-0.25, -0.2) is 4.79 Å². The van der Waals surface area contributed by atoms with Crippen LogP contribution in [0, 0.1) is 0 Å². The van der Waals surface area contributed by atoms with Crippen LogP contribution in [0.1, 0.15) is 0 Å². The van der Waals surface area contributed by atoms with Gasteiger partial charge in [0.1, 0.15) is 0 Å². The minimum Gasteiger partial charge on any atom is -0.478 e. The summed E-state index contributed by atoms with van der Waals surface area (Å²) in [7, 11) is 0. The van der Waals surface area contributed by atoms with Gasteiger partial charge in [0.15, 0.2) is 0 Å². The molecule has 0 bridgehead atoms. The van der Waals surface area contributed by atoms with Crippen molar-refractivity contribution in [3.8, 4) is 0 Å². The van der Waals surface area contributed by atoms with Crippen LogP contribution < -0.4 is 10.4 Å². The number of allylic oxidation sites excluding steroid dienone is 2. The number of benzene rings is 1. The van der Waals surface area contributed by atoms with Crippen LogP contribution in [0.3, 0.4) is 0 Å². The molecule has 0 spiro atoms. The Hall–Kier alpha value is -2.29. The molecule has 0 atom stereocenters. The summed E-state index contributed by atoms with van der Waals surface area (Å²) in [5, 5.41) is 11.3. The number of aliphatic carboxylic acids is 1. The first-order chi connectivity index (χ1) is 8.27. The fourth-order valence-corrected chi connectivity index (χ4v) is 2.26. The molecule has 0 unspecified atom stereocenters. The Labute approximate surface area is 98.3 Å². The number of hydrogen-bond donors (Lipinski definition) is 1. The quantitative estimate of drug-likeness (QED) is 0.753. The van der Waals surface area contributed by atoms with Gasteiger partial charge in [0.05, 0.1) is 11.3 Å². The Morgan fingerprint density at radius 2 is 2.12 bits per heavy atom. The second kappa shape index (κ2) is 3.63. The summed E-state index contributed by atoms with van der Waals surface area (Å²) in [5.74, 6) is -0.883. The maximum atomic E-state index is 11.3. The van der Waals surface area contributed by atoms with Crippen LogP contribution >= 0.6 is 0 Å². The van der Waals surface area contributed by atoms with E-state index in [9.17, 15) is 9.90 Å². The van der Waals surface area contributed by atoms with E-state index in [1.807, 2.05) is 35.4 Å². The molecule has 1 N–H and O–H groups in total. The maximum absolute atomic E-state index is 11.3. The number of fused-ring (bicyclic) bond motifs is 2. The molecule has 2 heterocycles. The van der Waals surface area contributed by atoms with Gasteiger partial charge in [0.25, 0.3) is 0 Å². The molecule has 0 radical (unpaired) electrons. The summed E-state index contributed by atoms with van der Waals surface area (Å²) in [6, 6.07) is 7.87. The van der Waals surface area contributed by atoms with Crippen molar-refractivity contribution in [2.24, 2.45) is 0 Å². The minimum absolute atomic E-state index is 0.355. The molecule has 3 heteroatoms. The van der Waals surface area contributed by atoms with Crippen LogP contribution in [0.4, 0.5) is 0 Å². The molecule has 0 fully saturated rings. The average molecular weight is 225 g/mol. The number of carboxylic acid groups (broad SMARTS) is 1. The van der Waals surface area contributed by atoms with Gasteiger partial charge in [-0.3, -0.25) is 0 Å². The molecule has 3 nitrogen and oxygen atoms in total. The Bertz CT molecular complexity index is 668. The van der Waals surface area contributed by atoms with Crippen LogP contribution in [0.25, 0.3) is 11.8 Å². The third-order valence-electron chi connectivity index (χ3n) is 3.03. The van der Waals surface area contributed by atoms with E-state index in [4.69, 9.17) is 0 Å². The van der Waals surface area contributed by atoms with E-state index in [-0.39, 0.29) is 0 Å². The molecule has 84 valence electrons. The Morgan fingerprint density at radius 1 is 1.29 bits per heavy atom. The SMILES string of the molecule is O=C(O)C1=CC=CN2CC=c3ccccc3=C12. The van der Waals surface area contributed by atoms with Gasteiger partial charge in [0.2, 0.25) is 0 Å². The largest absolute Gasteiger partial charge is 0.478 e. The molecular formula is C14H11NO2. The highest BCUT2D eigenvalue weighted by Gasteiger charge is 2.22. The Morgan fingerprint density at radius 3 is 2.94 bits per heavy atom. The van der Waals surface area contributed by atoms with Crippen LogP contribution in [-0.2, 0) is 4.79 Å². The van der Waals surface area contributed by atoms with E-state index in [0.717, 1.165) is 16.1 Å². The Balaban J connectivity index is 2.39. The number of carboxylic acids is 1. The van der Waals surface area contributed by atoms with Crippen molar-refractivity contribution >= 4 is 17.7 Å². The van der Waals surface area contributed by atoms with Crippen molar-refractivity contribution < 1.29 is 9.90 Å². The maximum Gasteiger partial charge on any atom is 0.337 e. The topological polar surface area (TPSA) is 40.5 Å². The van der Waals surface area contributed by atoms with Crippen LogP contribution in [0.15, 0.2) is 48.2 Å². The van der Waals surface area contributed by atoms with Crippen LogP contribution in [0.5, 0.6) is 0 Å². The van der Waals surface area contributed by atoms with Gasteiger partial charge in [0, 0.05) is 18.0 Å². The lowest BCUT2D eigenvalue weighted by atomic mass is 10.0. The van der Waals surface area contributed by atoms with E-state index >= 15 is 0 Å². The fraction of sp³-hybridized carbons (Fsp3) is 0.0714. The smallest absolute Gasteiger partial charge is 0.337 e. The molecule has 0 aromatic heterocycles. The van der Waals surface area contributed by atoms with Gasteiger partial charge in [-0.2, -0.15) is 0 Å². The number of hydrogen-bond acceptors (Lipinski definition) is 2. The molecule has 1 aromatic rings. The van der Waals surface area contributed by atoms with Gasteiger partial charge in [-0.1, -0.05) is 30.3 Å². The summed E-state index contributed by atoms with van der Waals surface area (Å²) in [6.45, 7) is 0.716. The standard InChI is InChI=1S/C14H11NO2/c16-14(17)12-6-3-8-15-9-7-10-4-1-2-5-11(10)13(12)15/h1-8H,9H2,(H,16,17). The lowest BCUT2D eigenvalue weighted by Crippen LogP contribution is -2.40. The lowest BCUT2D eigenvalue weighted by molar-refractivity contribution is -0.132. The monoisotopic (exact) mass is 225 g/mol. The summed E-state index contributed by atoms with van der Waals surface area (Å²) < 4.78 is 0. The summed E-state index contributed by atoms with van der Waals surface area (Å²) in [5.41, 5.74) is 1.14. The second-order valence-electron chi connectivity index (χ2n) is 4.02. The predicted octanol–water partition coefficient (Wildman–Crippen LogP) is 0.429. The molecule has 0 amide bonds. The Kier molecular flexibility index (Phi) is 2.11. The van der Waals surface area contributed by atoms with Crippen molar-refractivity contribution in [2.45, 2.75) is 0 Å². The molecule has 0 aliphatic carbocycles. The lowest BCUT2D eigenvalue weighted by Gasteiger charge is -2.27. The highest BCUT2D eigenvalue weighted by molar-refractivity contribution is 6.01. The van der Waals surface area contributed by atoms with Crippen molar-refractivity contribution in [3.05, 3.63) is 58.6 Å². The highest BCUT2D eigenvalue weighted by atomic mass is 16.4. The highest BCUT2D eigenvalue weighted by Crippen LogP contribution is 2.21. The number of carbonyl (C=O) groups is 1. The number of rotatable bonds is 1. The summed E-state index contributed by atoms with van der Waals surface area (Å²) in [6.07, 6.45) is 7.44. The average Bonchev–Trinajstić information content (AvgIpc) is 2.37. The normalized spacial score (nSPS) is 16.8. The summed E-state index contributed by atoms with van der Waals surface area (Å²) in [4.78, 5) is 13.2. The van der Waals surface area contributed by atoms with Crippen molar-refractivity contribution in [2.75, 3.05) is 6.54 Å². The third kappa shape index (κ3) is 1.47. The molecular weight excluding hydrogens is 214 g/mol. The molecule has 3 rings (SSSR count). The van der Waals surface area contributed by atoms with E-state index in [0.29, 0.717) is 12.1 Å². The fourth-order valence-electron chi connectivity index (χ4n) is 2.26. The second-order valence-corrected chi connectivity index (χ2v) is 4.02. The van der Waals surface area contributed by atoms with Gasteiger partial charge in [-0.05, 0) is 17.4 Å². The van der Waals surface area contributed by atoms with E-state index < -0.39 is 5.97 Å². The zero-order valence-corrected chi connectivity index (χ0v) is 9.13. The zero-order valence-electron chi connectivity index (χ0n) is 9.13. The van der Waals surface area contributed by atoms with Crippen LogP contribution in [0.2, 0.25) is 0 Å². The van der Waals surface area contributed by atoms with Crippen LogP contribution in [-0.4, -0.2) is 22.5 Å². The summed E-state index contributed by atoms with van der Waals surface area (Å²) >= 11 is 0. The predicted molar refractivity (Wildman–Crippen MR) is 65.1 cm³/mol. The molecule has 1 aromatic carbocycles. The first-order valence-corrected chi connectivity index (χ1v) is 5.46. The molecule has 2 aliphatic rings. The zero-order chi connectivity index (χ0) is 11.8. The van der Waals surface area contributed by atoms with Gasteiger partial charge in [-0.15, -0.1) is 0 Å². The molecule has 0 saturated heterocycles. The molecule has 0 saturated carbocycles. The van der Waals surface area contributed by atoms with E-state index in [1.165, 1.54) is 0 Å². The van der Waals surface area contributed by atoms with Crippen molar-refractivity contribution in [3.63, 3.8) is 0 Å². The first-order valence-electron chi connectivity index (χ1n) is 5.46. The van der Waals surface area contributed by atoms with Crippen molar-refractivity contribution in [1.82, 2.24) is 4.90 Å². The first kappa shape index (κ1) is 9.90. The van der Waals surface area contributed by atoms with Gasteiger partial charge < -0.3 is 10.0 Å². The molecule has 17 heavy (non-hydrogen) atoms. The number of nitrogens with zero attached hydrogens (tertiary/aromatic N) is 1. The third-order valence-corrected chi connectivity index (χ3v) is 3.03. The van der Waals surface area contributed by atoms with E-state index in [1.54, 1.807) is 12.2 Å². The minimum atomic E-state index is -0.883. The molecule has 2 aliphatic heterocycles. The van der Waals surface area contributed by atoms with Gasteiger partial charge >= 0.3 is 5.97 Å². The van der Waals surface area contributed by atoms with E-state index in [2.05, 4.69) is 6.08 Å². The van der Waals surface area contributed by atoms with Crippen molar-refractivity contribution in [1.29, 1.82) is 0 Å².